The second kappa shape index (κ2) is 9.20. The van der Waals surface area contributed by atoms with Gasteiger partial charge in [-0.15, -0.1) is 0 Å². The van der Waals surface area contributed by atoms with E-state index in [0.717, 1.165) is 44.3 Å². The van der Waals surface area contributed by atoms with E-state index in [1.165, 1.54) is 6.92 Å². The van der Waals surface area contributed by atoms with Crippen LogP contribution in [-0.2, 0) is 20.9 Å². The molecular weight excluding hydrogens is 320 g/mol. The molecule has 1 aliphatic rings. The van der Waals surface area contributed by atoms with Crippen molar-refractivity contribution in [2.75, 3.05) is 13.1 Å². The number of rotatable bonds is 5. The molecule has 2 rings (SSSR count). The summed E-state index contributed by atoms with van der Waals surface area (Å²) in [7, 11) is 0. The molecule has 136 valence electrons. The van der Waals surface area contributed by atoms with E-state index in [9.17, 15) is 14.4 Å². The van der Waals surface area contributed by atoms with E-state index in [4.69, 9.17) is 4.74 Å². The zero-order valence-corrected chi connectivity index (χ0v) is 14.9. The molecule has 0 aliphatic carbocycles. The third kappa shape index (κ3) is 5.89. The summed E-state index contributed by atoms with van der Waals surface area (Å²) in [6.45, 7) is 4.95. The lowest BCUT2D eigenvalue weighted by Crippen LogP contribution is -2.40. The molecule has 1 fully saturated rings. The first kappa shape index (κ1) is 19.0. The predicted octanol–water partition coefficient (Wildman–Crippen LogP) is 2.27. The summed E-state index contributed by atoms with van der Waals surface area (Å²) in [6.07, 6.45) is 3.50. The fourth-order valence-corrected chi connectivity index (χ4v) is 2.81. The van der Waals surface area contributed by atoms with E-state index in [-0.39, 0.29) is 11.8 Å². The third-order valence-corrected chi connectivity index (χ3v) is 4.28. The molecule has 0 bridgehead atoms. The normalized spacial score (nSPS) is 15.8. The van der Waals surface area contributed by atoms with Crippen molar-refractivity contribution in [3.8, 4) is 0 Å². The Bertz CT molecular complexity index is 604. The summed E-state index contributed by atoms with van der Waals surface area (Å²) in [5.41, 5.74) is 1.28. The lowest BCUT2D eigenvalue weighted by molar-refractivity contribution is -0.139. The van der Waals surface area contributed by atoms with Crippen molar-refractivity contribution in [3.63, 3.8) is 0 Å². The van der Waals surface area contributed by atoms with E-state index < -0.39 is 12.1 Å². The molecule has 0 radical (unpaired) electrons. The molecule has 1 atom stereocenters. The fourth-order valence-electron chi connectivity index (χ4n) is 2.81. The quantitative estimate of drug-likeness (QED) is 0.830. The van der Waals surface area contributed by atoms with Crippen molar-refractivity contribution in [1.29, 1.82) is 0 Å². The number of carbonyl (C=O) groups excluding carboxylic acids is 3. The lowest BCUT2D eigenvalue weighted by atomic mass is 10.1. The Morgan fingerprint density at radius 1 is 1.08 bits per heavy atom. The Morgan fingerprint density at radius 3 is 2.24 bits per heavy atom. The molecule has 1 aromatic rings. The third-order valence-electron chi connectivity index (χ3n) is 4.28. The van der Waals surface area contributed by atoms with Crippen LogP contribution in [-0.4, -0.2) is 41.9 Å². The molecule has 1 aromatic carbocycles. The average Bonchev–Trinajstić information content (AvgIpc) is 2.89. The highest BCUT2D eigenvalue weighted by Gasteiger charge is 2.24. The van der Waals surface area contributed by atoms with Gasteiger partial charge in [0.2, 0.25) is 5.91 Å². The number of hydrogen-bond donors (Lipinski definition) is 1. The predicted molar refractivity (Wildman–Crippen MR) is 93.9 cm³/mol. The van der Waals surface area contributed by atoms with Gasteiger partial charge in [0, 0.05) is 26.6 Å². The molecule has 6 nitrogen and oxygen atoms in total. The van der Waals surface area contributed by atoms with Crippen LogP contribution >= 0.6 is 0 Å². The molecule has 1 saturated heterocycles. The molecular formula is C19H26N2O4. The summed E-state index contributed by atoms with van der Waals surface area (Å²) in [4.78, 5) is 37.4. The fraction of sp³-hybridized carbons (Fsp3) is 0.526. The summed E-state index contributed by atoms with van der Waals surface area (Å²) in [6, 6.07) is 6.80. The van der Waals surface area contributed by atoms with Gasteiger partial charge in [0.15, 0.2) is 6.10 Å². The molecule has 0 aromatic heterocycles. The summed E-state index contributed by atoms with van der Waals surface area (Å²) >= 11 is 0. The molecule has 6 heteroatoms. The Kier molecular flexibility index (Phi) is 6.98. The Balaban J connectivity index is 1.89. The molecule has 1 aliphatic heterocycles. The first-order valence-corrected chi connectivity index (χ1v) is 8.80. The van der Waals surface area contributed by atoms with E-state index in [2.05, 4.69) is 5.32 Å². The maximum atomic E-state index is 12.4. The van der Waals surface area contributed by atoms with Crippen LogP contribution in [0.15, 0.2) is 24.3 Å². The van der Waals surface area contributed by atoms with Crippen LogP contribution in [0.25, 0.3) is 0 Å². The minimum absolute atomic E-state index is 0.107. The van der Waals surface area contributed by atoms with Crippen LogP contribution in [0.1, 0.15) is 55.5 Å². The smallest absolute Gasteiger partial charge is 0.338 e. The van der Waals surface area contributed by atoms with Gasteiger partial charge in [-0.05, 0) is 37.5 Å². The molecule has 25 heavy (non-hydrogen) atoms. The monoisotopic (exact) mass is 346 g/mol. The van der Waals surface area contributed by atoms with Gasteiger partial charge in [0.25, 0.3) is 5.91 Å². The van der Waals surface area contributed by atoms with Gasteiger partial charge in [-0.2, -0.15) is 0 Å². The minimum Gasteiger partial charge on any atom is -0.449 e. The Hall–Kier alpha value is -2.37. The largest absolute Gasteiger partial charge is 0.449 e. The van der Waals surface area contributed by atoms with Crippen molar-refractivity contribution in [3.05, 3.63) is 35.4 Å². The number of esters is 1. The van der Waals surface area contributed by atoms with Crippen LogP contribution in [0.5, 0.6) is 0 Å². The van der Waals surface area contributed by atoms with Crippen LogP contribution in [0.2, 0.25) is 0 Å². The van der Waals surface area contributed by atoms with E-state index in [1.54, 1.807) is 36.1 Å². The number of ether oxygens (including phenoxy) is 1. The van der Waals surface area contributed by atoms with Gasteiger partial charge >= 0.3 is 5.97 Å². The van der Waals surface area contributed by atoms with Gasteiger partial charge in [-0.25, -0.2) is 4.79 Å². The zero-order chi connectivity index (χ0) is 18.2. The first-order chi connectivity index (χ1) is 12.0. The van der Waals surface area contributed by atoms with Gasteiger partial charge in [-0.3, -0.25) is 9.59 Å². The number of nitrogens with zero attached hydrogens (tertiary/aromatic N) is 1. The highest BCUT2D eigenvalue weighted by Crippen LogP contribution is 2.13. The van der Waals surface area contributed by atoms with Crippen molar-refractivity contribution in [1.82, 2.24) is 10.2 Å². The van der Waals surface area contributed by atoms with Crippen LogP contribution in [0, 0.1) is 0 Å². The van der Waals surface area contributed by atoms with E-state index in [1.807, 2.05) is 0 Å². The Labute approximate surface area is 148 Å². The number of carbonyl (C=O) groups is 3. The lowest BCUT2D eigenvalue weighted by Gasteiger charge is -2.24. The number of hydrogen-bond acceptors (Lipinski definition) is 4. The SMILES string of the molecule is CC(=O)NCc1ccc(C(=O)OC(C)C(=O)N2CCCCCC2)cc1. The molecule has 1 N–H and O–H groups in total. The van der Waals surface area contributed by atoms with Crippen molar-refractivity contribution in [2.45, 2.75) is 52.2 Å². The summed E-state index contributed by atoms with van der Waals surface area (Å²) < 4.78 is 5.33. The van der Waals surface area contributed by atoms with Gasteiger partial charge in [-0.1, -0.05) is 25.0 Å². The second-order valence-electron chi connectivity index (χ2n) is 6.39. The highest BCUT2D eigenvalue weighted by molar-refractivity contribution is 5.92. The maximum Gasteiger partial charge on any atom is 0.338 e. The van der Waals surface area contributed by atoms with Crippen molar-refractivity contribution in [2.24, 2.45) is 0 Å². The first-order valence-electron chi connectivity index (χ1n) is 8.80. The van der Waals surface area contributed by atoms with Gasteiger partial charge in [0.05, 0.1) is 5.56 Å². The molecule has 1 heterocycles. The number of benzene rings is 1. The molecule has 2 amide bonds. The molecule has 1 unspecified atom stereocenters. The van der Waals surface area contributed by atoms with Crippen LogP contribution < -0.4 is 5.32 Å². The summed E-state index contributed by atoms with van der Waals surface area (Å²) in [5, 5.41) is 2.69. The van der Waals surface area contributed by atoms with Crippen LogP contribution in [0.4, 0.5) is 0 Å². The number of nitrogens with one attached hydrogen (secondary N) is 1. The summed E-state index contributed by atoms with van der Waals surface area (Å²) in [5.74, 6) is -0.747. The maximum absolute atomic E-state index is 12.4. The highest BCUT2D eigenvalue weighted by atomic mass is 16.5. The number of amides is 2. The molecule has 0 saturated carbocycles. The topological polar surface area (TPSA) is 75.7 Å². The van der Waals surface area contributed by atoms with E-state index >= 15 is 0 Å². The second-order valence-corrected chi connectivity index (χ2v) is 6.39. The average molecular weight is 346 g/mol. The van der Waals surface area contributed by atoms with Crippen molar-refractivity contribution >= 4 is 17.8 Å². The standard InChI is InChI=1S/C19H26N2O4/c1-14(18(23)21-11-5-3-4-6-12-21)25-19(24)17-9-7-16(8-10-17)13-20-15(2)22/h7-10,14H,3-6,11-13H2,1-2H3,(H,20,22). The van der Waals surface area contributed by atoms with Gasteiger partial charge < -0.3 is 15.0 Å². The van der Waals surface area contributed by atoms with Gasteiger partial charge in [0.1, 0.15) is 0 Å². The van der Waals surface area contributed by atoms with E-state index in [0.29, 0.717) is 12.1 Å². The minimum atomic E-state index is -0.787. The number of likely N-dealkylation sites (tertiary alicyclic amines) is 1. The van der Waals surface area contributed by atoms with Crippen LogP contribution in [0.3, 0.4) is 0 Å². The zero-order valence-electron chi connectivity index (χ0n) is 14.9. The molecule has 0 spiro atoms. The van der Waals surface area contributed by atoms with Crippen molar-refractivity contribution < 1.29 is 19.1 Å². The Morgan fingerprint density at radius 2 is 1.68 bits per heavy atom.